The normalized spacial score (nSPS) is 29.1. The van der Waals surface area contributed by atoms with Gasteiger partial charge < -0.3 is 20.4 Å². The predicted octanol–water partition coefficient (Wildman–Crippen LogP) is 0.404. The summed E-state index contributed by atoms with van der Waals surface area (Å²) in [4.78, 5) is 24.2. The first kappa shape index (κ1) is 13.1. The van der Waals surface area contributed by atoms with Crippen molar-refractivity contribution in [2.45, 2.75) is 50.8 Å². The highest BCUT2D eigenvalue weighted by molar-refractivity contribution is 5.83. The predicted molar refractivity (Wildman–Crippen MR) is 64.1 cm³/mol. The molecule has 1 aliphatic heterocycles. The Balaban J connectivity index is 1.88. The molecular formula is C12H20N2O4. The highest BCUT2D eigenvalue weighted by Crippen LogP contribution is 2.33. The molecule has 18 heavy (non-hydrogen) atoms. The summed E-state index contributed by atoms with van der Waals surface area (Å²) >= 11 is 0. The zero-order valence-electron chi connectivity index (χ0n) is 10.5. The summed E-state index contributed by atoms with van der Waals surface area (Å²) in [5.41, 5.74) is 0. The monoisotopic (exact) mass is 256 g/mol. The molecule has 3 atom stereocenters. The van der Waals surface area contributed by atoms with Crippen LogP contribution in [0.3, 0.4) is 0 Å². The van der Waals surface area contributed by atoms with Gasteiger partial charge in [-0.2, -0.15) is 0 Å². The first-order chi connectivity index (χ1) is 8.47. The summed E-state index contributed by atoms with van der Waals surface area (Å²) in [5.74, 6) is -0.351. The van der Waals surface area contributed by atoms with E-state index in [1.54, 1.807) is 0 Å². The van der Waals surface area contributed by atoms with E-state index in [4.69, 9.17) is 5.11 Å². The number of urea groups is 1. The number of hydrogen-bond acceptors (Lipinski definition) is 3. The van der Waals surface area contributed by atoms with E-state index in [0.29, 0.717) is 5.92 Å². The highest BCUT2D eigenvalue weighted by Gasteiger charge is 2.39. The lowest BCUT2D eigenvalue weighted by Gasteiger charge is -2.24. The van der Waals surface area contributed by atoms with Crippen molar-refractivity contribution in [3.63, 3.8) is 0 Å². The molecule has 1 saturated heterocycles. The fraction of sp³-hybridized carbons (Fsp3) is 0.833. The Bertz CT molecular complexity index is 343. The third kappa shape index (κ3) is 3.13. The van der Waals surface area contributed by atoms with E-state index in [1.807, 2.05) is 6.92 Å². The average Bonchev–Trinajstić information content (AvgIpc) is 2.97. The van der Waals surface area contributed by atoms with E-state index in [9.17, 15) is 14.7 Å². The second kappa shape index (κ2) is 5.14. The van der Waals surface area contributed by atoms with Crippen molar-refractivity contribution >= 4 is 12.0 Å². The molecule has 0 aromatic heterocycles. The molecule has 1 unspecified atom stereocenters. The SMILES string of the molecule is CC(CC1CC1)NC(=O)N1C[C@H](O)C[C@@H]1C(=O)O. The summed E-state index contributed by atoms with van der Waals surface area (Å²) in [6.07, 6.45) is 2.76. The standard InChI is InChI=1S/C12H20N2O4/c1-7(4-8-2-3-8)13-12(18)14-6-9(15)5-10(14)11(16)17/h7-10,15H,2-6H2,1H3,(H,13,18)(H,16,17)/t7?,9-,10-/m1/s1. The quantitative estimate of drug-likeness (QED) is 0.679. The van der Waals surface area contributed by atoms with Crippen molar-refractivity contribution in [2.24, 2.45) is 5.92 Å². The van der Waals surface area contributed by atoms with Crippen LogP contribution < -0.4 is 5.32 Å². The van der Waals surface area contributed by atoms with Gasteiger partial charge in [-0.25, -0.2) is 9.59 Å². The Labute approximate surface area is 106 Å². The molecule has 2 fully saturated rings. The van der Waals surface area contributed by atoms with Crippen molar-refractivity contribution in [3.05, 3.63) is 0 Å². The minimum absolute atomic E-state index is 0.0530. The molecule has 6 nitrogen and oxygen atoms in total. The van der Waals surface area contributed by atoms with Gasteiger partial charge in [0.2, 0.25) is 0 Å². The maximum Gasteiger partial charge on any atom is 0.326 e. The number of β-amino-alcohol motifs (C(OH)–C–C–N with tert-alkyl or cyclic N) is 1. The Kier molecular flexibility index (Phi) is 3.75. The minimum atomic E-state index is -1.06. The number of carboxylic acid groups (broad SMARTS) is 1. The number of carbonyl (C=O) groups excluding carboxylic acids is 1. The van der Waals surface area contributed by atoms with Gasteiger partial charge in [0, 0.05) is 19.0 Å². The summed E-state index contributed by atoms with van der Waals surface area (Å²) in [5, 5.41) is 21.3. The van der Waals surface area contributed by atoms with E-state index < -0.39 is 18.1 Å². The maximum atomic E-state index is 12.0. The fourth-order valence-corrected chi connectivity index (χ4v) is 2.48. The average molecular weight is 256 g/mol. The van der Waals surface area contributed by atoms with Gasteiger partial charge in [0.05, 0.1) is 6.10 Å². The smallest absolute Gasteiger partial charge is 0.326 e. The van der Waals surface area contributed by atoms with Crippen LogP contribution in [0.5, 0.6) is 0 Å². The Hall–Kier alpha value is -1.30. The number of nitrogens with one attached hydrogen (secondary N) is 1. The lowest BCUT2D eigenvalue weighted by Crippen LogP contribution is -2.48. The van der Waals surface area contributed by atoms with E-state index in [2.05, 4.69) is 5.32 Å². The molecule has 3 N–H and O–H groups in total. The van der Waals surface area contributed by atoms with Gasteiger partial charge in [0.1, 0.15) is 6.04 Å². The lowest BCUT2D eigenvalue weighted by molar-refractivity contribution is -0.141. The van der Waals surface area contributed by atoms with Crippen LogP contribution in [-0.2, 0) is 4.79 Å². The number of amides is 2. The van der Waals surface area contributed by atoms with Crippen molar-refractivity contribution in [3.8, 4) is 0 Å². The maximum absolute atomic E-state index is 12.0. The summed E-state index contributed by atoms with van der Waals surface area (Å²) in [6.45, 7) is 2.03. The van der Waals surface area contributed by atoms with Crippen molar-refractivity contribution in [1.29, 1.82) is 0 Å². The Morgan fingerprint density at radius 3 is 2.67 bits per heavy atom. The van der Waals surface area contributed by atoms with E-state index in [1.165, 1.54) is 17.7 Å². The van der Waals surface area contributed by atoms with Crippen LogP contribution >= 0.6 is 0 Å². The molecule has 0 aromatic carbocycles. The number of hydrogen-bond donors (Lipinski definition) is 3. The Morgan fingerprint density at radius 2 is 2.11 bits per heavy atom. The third-order valence-corrected chi connectivity index (χ3v) is 3.58. The molecule has 0 bridgehead atoms. The number of nitrogens with zero attached hydrogens (tertiary/aromatic N) is 1. The molecule has 102 valence electrons. The van der Waals surface area contributed by atoms with Gasteiger partial charge in [-0.05, 0) is 19.3 Å². The van der Waals surface area contributed by atoms with Gasteiger partial charge in [-0.3, -0.25) is 0 Å². The van der Waals surface area contributed by atoms with Crippen LogP contribution in [0, 0.1) is 5.92 Å². The summed E-state index contributed by atoms with van der Waals surface area (Å²) in [6, 6.07) is -1.24. The molecule has 1 saturated carbocycles. The van der Waals surface area contributed by atoms with Crippen molar-refractivity contribution < 1.29 is 19.8 Å². The van der Waals surface area contributed by atoms with Crippen LogP contribution in [0.25, 0.3) is 0 Å². The van der Waals surface area contributed by atoms with Crippen LogP contribution in [0.15, 0.2) is 0 Å². The summed E-state index contributed by atoms with van der Waals surface area (Å²) < 4.78 is 0. The van der Waals surface area contributed by atoms with Crippen molar-refractivity contribution in [1.82, 2.24) is 10.2 Å². The van der Waals surface area contributed by atoms with Gasteiger partial charge >= 0.3 is 12.0 Å². The molecular weight excluding hydrogens is 236 g/mol. The zero-order valence-corrected chi connectivity index (χ0v) is 10.5. The highest BCUT2D eigenvalue weighted by atomic mass is 16.4. The molecule has 1 aliphatic carbocycles. The van der Waals surface area contributed by atoms with Crippen LogP contribution in [-0.4, -0.2) is 51.8 Å². The number of aliphatic carboxylic acids is 1. The lowest BCUT2D eigenvalue weighted by atomic mass is 10.1. The number of rotatable bonds is 4. The molecule has 0 spiro atoms. The molecule has 1 heterocycles. The van der Waals surface area contributed by atoms with Crippen LogP contribution in [0.2, 0.25) is 0 Å². The first-order valence-corrected chi connectivity index (χ1v) is 6.45. The largest absolute Gasteiger partial charge is 0.480 e. The van der Waals surface area contributed by atoms with E-state index >= 15 is 0 Å². The molecule has 2 rings (SSSR count). The second-order valence-electron chi connectivity index (χ2n) is 5.43. The number of carbonyl (C=O) groups is 2. The first-order valence-electron chi connectivity index (χ1n) is 6.45. The van der Waals surface area contributed by atoms with E-state index in [-0.39, 0.29) is 25.0 Å². The molecule has 0 radical (unpaired) electrons. The number of aliphatic hydroxyl groups excluding tert-OH is 1. The number of carboxylic acids is 1. The molecule has 2 amide bonds. The second-order valence-corrected chi connectivity index (χ2v) is 5.43. The Morgan fingerprint density at radius 1 is 1.44 bits per heavy atom. The summed E-state index contributed by atoms with van der Waals surface area (Å²) in [7, 11) is 0. The van der Waals surface area contributed by atoms with Crippen LogP contribution in [0.1, 0.15) is 32.6 Å². The third-order valence-electron chi connectivity index (χ3n) is 3.58. The van der Waals surface area contributed by atoms with Crippen LogP contribution in [0.4, 0.5) is 4.79 Å². The van der Waals surface area contributed by atoms with E-state index in [0.717, 1.165) is 6.42 Å². The van der Waals surface area contributed by atoms with Gasteiger partial charge in [-0.15, -0.1) is 0 Å². The van der Waals surface area contributed by atoms with Gasteiger partial charge in [0.15, 0.2) is 0 Å². The molecule has 2 aliphatic rings. The molecule has 6 heteroatoms. The van der Waals surface area contributed by atoms with Gasteiger partial charge in [0.25, 0.3) is 0 Å². The number of aliphatic hydroxyl groups is 1. The number of likely N-dealkylation sites (tertiary alicyclic amines) is 1. The minimum Gasteiger partial charge on any atom is -0.480 e. The van der Waals surface area contributed by atoms with Crippen molar-refractivity contribution in [2.75, 3.05) is 6.54 Å². The van der Waals surface area contributed by atoms with Gasteiger partial charge in [-0.1, -0.05) is 12.8 Å². The molecule has 0 aromatic rings. The topological polar surface area (TPSA) is 89.9 Å². The zero-order chi connectivity index (χ0) is 13.3. The fourth-order valence-electron chi connectivity index (χ4n) is 2.48.